The second-order valence-corrected chi connectivity index (χ2v) is 18.3. The van der Waals surface area contributed by atoms with Gasteiger partial charge in [-0.3, -0.25) is 0 Å². The third kappa shape index (κ3) is 13.9. The Morgan fingerprint density at radius 1 is 0.388 bits per heavy atom. The first kappa shape index (κ1) is 66.5. The van der Waals surface area contributed by atoms with Crippen molar-refractivity contribution in [3.05, 3.63) is 278 Å². The first-order valence-electron chi connectivity index (χ1n) is 30.6. The summed E-state index contributed by atoms with van der Waals surface area (Å²) in [6.45, 7) is 41.9. The molecule has 0 saturated heterocycles. The van der Waals surface area contributed by atoms with Gasteiger partial charge in [0.2, 0.25) is 0 Å². The molecule has 6 nitrogen and oxygen atoms in total. The van der Waals surface area contributed by atoms with Gasteiger partial charge in [-0.05, 0) is 113 Å². The van der Waals surface area contributed by atoms with Gasteiger partial charge in [0, 0.05) is 33.4 Å². The van der Waals surface area contributed by atoms with Gasteiger partial charge in [0.25, 0.3) is 0 Å². The summed E-state index contributed by atoms with van der Waals surface area (Å²) < 4.78 is 0. The summed E-state index contributed by atoms with van der Waals surface area (Å²) in [6, 6.07) is 49.1. The van der Waals surface area contributed by atoms with E-state index in [1.807, 2.05) is 146 Å². The number of benzene rings is 6. The number of rotatable bonds is 15. The van der Waals surface area contributed by atoms with E-state index in [0.29, 0.717) is 34.9 Å². The highest BCUT2D eigenvalue weighted by Gasteiger charge is 2.51. The minimum absolute atomic E-state index is 0.539. The quantitative estimate of drug-likeness (QED) is 0.0952. The summed E-state index contributed by atoms with van der Waals surface area (Å²) in [5.74, 6) is 3.57. The molecular formula is C79H88N6. The molecular weight excluding hydrogens is 1030 g/mol. The maximum Gasteiger partial charge on any atom is 0.164 e. The van der Waals surface area contributed by atoms with E-state index in [-0.39, 0.29) is 0 Å². The van der Waals surface area contributed by atoms with Crippen LogP contribution in [0, 0.1) is 0 Å². The fourth-order valence-corrected chi connectivity index (χ4v) is 10.6. The van der Waals surface area contributed by atoms with Crippen LogP contribution in [0.2, 0.25) is 0 Å². The van der Waals surface area contributed by atoms with E-state index >= 15 is 0 Å². The monoisotopic (exact) mass is 1120 g/mol. The second-order valence-electron chi connectivity index (χ2n) is 18.3. The highest BCUT2D eigenvalue weighted by atomic mass is 15.0. The Labute approximate surface area is 510 Å². The molecule has 85 heavy (non-hydrogen) atoms. The van der Waals surface area contributed by atoms with Gasteiger partial charge in [0.05, 0.1) is 5.41 Å². The number of hydrogen-bond donors (Lipinski definition) is 0. The lowest BCUT2D eigenvalue weighted by Gasteiger charge is -2.31. The van der Waals surface area contributed by atoms with Crippen LogP contribution in [0.25, 0.3) is 89.6 Å². The molecule has 2 aliphatic carbocycles. The lowest BCUT2D eigenvalue weighted by Crippen LogP contribution is -2.26. The molecule has 1 unspecified atom stereocenters. The van der Waals surface area contributed by atoms with Crippen molar-refractivity contribution in [1.82, 2.24) is 29.9 Å². The van der Waals surface area contributed by atoms with Crippen molar-refractivity contribution in [2.75, 3.05) is 0 Å². The molecule has 0 radical (unpaired) electrons. The van der Waals surface area contributed by atoms with Crippen LogP contribution in [0.1, 0.15) is 156 Å². The zero-order valence-electron chi connectivity index (χ0n) is 53.2. The molecule has 2 heterocycles. The highest BCUT2D eigenvalue weighted by Crippen LogP contribution is 2.63. The fourth-order valence-electron chi connectivity index (χ4n) is 10.6. The third-order valence-electron chi connectivity index (χ3n) is 14.0. The second kappa shape index (κ2) is 33.1. The smallest absolute Gasteiger partial charge is 0.164 e. The molecule has 0 N–H and O–H groups in total. The molecule has 6 aromatic carbocycles. The van der Waals surface area contributed by atoms with Gasteiger partial charge in [-0.2, -0.15) is 0 Å². The maximum absolute atomic E-state index is 5.05. The molecule has 0 saturated carbocycles. The topological polar surface area (TPSA) is 77.3 Å². The van der Waals surface area contributed by atoms with E-state index in [4.69, 9.17) is 29.9 Å². The van der Waals surface area contributed by atoms with Gasteiger partial charge in [-0.25, -0.2) is 29.9 Å². The van der Waals surface area contributed by atoms with Gasteiger partial charge >= 0.3 is 0 Å². The normalized spacial score (nSPS) is 13.7. The summed E-state index contributed by atoms with van der Waals surface area (Å²) in [7, 11) is 0. The molecule has 0 fully saturated rings. The molecule has 0 amide bonds. The Morgan fingerprint density at radius 2 is 0.753 bits per heavy atom. The van der Waals surface area contributed by atoms with Crippen molar-refractivity contribution in [2.45, 2.75) is 116 Å². The lowest BCUT2D eigenvalue weighted by molar-refractivity contribution is 0.794. The van der Waals surface area contributed by atoms with Gasteiger partial charge in [0.15, 0.2) is 34.9 Å². The SMILES string of the molecule is C=C/C=C\C(=C/C)c1nc(C(/C=C\C)=C/CC)nc(-c2ccc(-c3ccc4c(c3)C3(c5ccccc5-c5ccc(-c6ccc(-c7nc(/C(C=C)=C/C=C)nc(C(/C=C\C)=C/C)n7)cc6)cc53)c3ccccc3-4)cc2)n1.CC.CC.CC.CC.CC. The first-order valence-corrected chi connectivity index (χ1v) is 30.6. The zero-order chi connectivity index (χ0) is 62.1. The minimum atomic E-state index is -0.556. The van der Waals surface area contributed by atoms with Crippen molar-refractivity contribution in [3.63, 3.8) is 0 Å². The molecule has 10 rings (SSSR count). The highest BCUT2D eigenvalue weighted by molar-refractivity contribution is 5.97. The number of aromatic nitrogens is 6. The van der Waals surface area contributed by atoms with E-state index in [2.05, 4.69) is 172 Å². The Kier molecular flexibility index (Phi) is 25.9. The predicted molar refractivity (Wildman–Crippen MR) is 371 cm³/mol. The molecule has 8 aromatic rings. The predicted octanol–water partition coefficient (Wildman–Crippen LogP) is 22.4. The van der Waals surface area contributed by atoms with E-state index in [1.54, 1.807) is 18.2 Å². The van der Waals surface area contributed by atoms with Crippen LogP contribution in [0.15, 0.2) is 232 Å². The van der Waals surface area contributed by atoms with Crippen molar-refractivity contribution < 1.29 is 0 Å². The van der Waals surface area contributed by atoms with Crippen molar-refractivity contribution in [2.24, 2.45) is 0 Å². The third-order valence-corrected chi connectivity index (χ3v) is 14.0. The lowest BCUT2D eigenvalue weighted by atomic mass is 9.70. The van der Waals surface area contributed by atoms with E-state index < -0.39 is 5.41 Å². The number of fused-ring (bicyclic) bond motifs is 10. The largest absolute Gasteiger partial charge is 0.208 e. The molecule has 0 bridgehead atoms. The van der Waals surface area contributed by atoms with Crippen LogP contribution in [-0.2, 0) is 5.41 Å². The summed E-state index contributed by atoms with van der Waals surface area (Å²) in [5, 5.41) is 0. The average molecular weight is 1120 g/mol. The van der Waals surface area contributed by atoms with Crippen LogP contribution in [0.3, 0.4) is 0 Å². The van der Waals surface area contributed by atoms with Crippen molar-refractivity contribution in [1.29, 1.82) is 0 Å². The van der Waals surface area contributed by atoms with Gasteiger partial charge in [-0.1, -0.05) is 296 Å². The van der Waals surface area contributed by atoms with E-state index in [9.17, 15) is 0 Å². The molecule has 6 heteroatoms. The number of nitrogens with zero attached hydrogens (tertiary/aromatic N) is 6. The number of hydrogen-bond acceptors (Lipinski definition) is 6. The molecule has 1 spiro atoms. The van der Waals surface area contributed by atoms with Gasteiger partial charge < -0.3 is 0 Å². The van der Waals surface area contributed by atoms with E-state index in [0.717, 1.165) is 62.1 Å². The minimum Gasteiger partial charge on any atom is -0.208 e. The average Bonchev–Trinajstić information content (AvgIpc) is 1.52. The first-order chi connectivity index (χ1) is 41.8. The van der Waals surface area contributed by atoms with Crippen LogP contribution >= 0.6 is 0 Å². The molecule has 1 atom stereocenters. The summed E-state index contributed by atoms with van der Waals surface area (Å²) in [5.41, 5.74) is 19.3. The molecule has 2 aliphatic rings. The summed E-state index contributed by atoms with van der Waals surface area (Å²) >= 11 is 0. The van der Waals surface area contributed by atoms with Crippen molar-refractivity contribution >= 4 is 22.3 Å². The molecule has 434 valence electrons. The Hall–Kier alpha value is -9.26. The molecule has 0 aliphatic heterocycles. The van der Waals surface area contributed by atoms with Crippen LogP contribution in [-0.4, -0.2) is 29.9 Å². The maximum atomic E-state index is 5.05. The standard InChI is InChI=1S/C69H58N6.5C2H6/c1-9-17-26-47(16-8)65-73-66(50(24-12-4)25-13-5)75-68(74-65)52-37-33-49(34-38-52)54-40-42-58-56-28-19-21-30-60(56)69(62(58)44-54)59-29-20-18-27-55(59)57-41-39-53(43-61(57)69)48-31-35-51(36-32-48)67-71-63(45(14-6)22-10-2)70-64(72-67)46(15-7)23-11-3;5*1-2/h9-12,14-44H,1-2,6,13H2,3-5,7-8H3;5*1-2H3/b23-11-,24-12-,26-17-,45-22+,46-15+,47-16+,50-25+;;;;;. The van der Waals surface area contributed by atoms with Crippen LogP contribution < -0.4 is 0 Å². The number of allylic oxidation sites excluding steroid dienone is 17. The van der Waals surface area contributed by atoms with Crippen LogP contribution in [0.5, 0.6) is 0 Å². The summed E-state index contributed by atoms with van der Waals surface area (Å²) in [6.07, 6.45) is 26.1. The van der Waals surface area contributed by atoms with Gasteiger partial charge in [0.1, 0.15) is 0 Å². The Morgan fingerprint density at radius 3 is 1.14 bits per heavy atom. The fraction of sp³-hybridized carbons (Fsp3) is 0.215. The van der Waals surface area contributed by atoms with Crippen molar-refractivity contribution in [3.8, 4) is 67.3 Å². The molecule has 2 aromatic heterocycles. The summed E-state index contributed by atoms with van der Waals surface area (Å²) in [4.78, 5) is 29.8. The van der Waals surface area contributed by atoms with Crippen LogP contribution in [0.4, 0.5) is 0 Å². The Bertz CT molecular complexity index is 3770. The van der Waals surface area contributed by atoms with Gasteiger partial charge in [-0.15, -0.1) is 0 Å². The zero-order valence-corrected chi connectivity index (χ0v) is 53.2. The Balaban J connectivity index is 0.00000125. The van der Waals surface area contributed by atoms with E-state index in [1.165, 1.54) is 44.5 Å².